The predicted octanol–water partition coefficient (Wildman–Crippen LogP) is 1.11. The van der Waals surface area contributed by atoms with Gasteiger partial charge in [0, 0.05) is 24.8 Å². The minimum Gasteiger partial charge on any atom is -0.453 e. The maximum atomic E-state index is 11.1. The van der Waals surface area contributed by atoms with Crippen LogP contribution < -0.4 is 16.0 Å². The summed E-state index contributed by atoms with van der Waals surface area (Å²) in [6, 6.07) is 4.64. The molecule has 0 bridgehead atoms. The number of nitro groups is 1. The van der Waals surface area contributed by atoms with Gasteiger partial charge in [-0.1, -0.05) is 0 Å². The molecule has 0 saturated carbocycles. The van der Waals surface area contributed by atoms with Crippen LogP contribution >= 0.6 is 0 Å². The summed E-state index contributed by atoms with van der Waals surface area (Å²) in [7, 11) is 1.32. The molecule has 1 unspecified atom stereocenters. The molecule has 8 nitrogen and oxygen atoms in total. The molecule has 0 aliphatic carbocycles. The molecule has 8 heteroatoms. The van der Waals surface area contributed by atoms with E-state index in [-0.39, 0.29) is 17.4 Å². The lowest BCUT2D eigenvalue weighted by Crippen LogP contribution is -2.36. The number of nitrogens with two attached hydrogens (primary N) is 1. The van der Waals surface area contributed by atoms with Crippen molar-refractivity contribution < 1.29 is 14.5 Å². The molecule has 1 atom stereocenters. The molecule has 20 heavy (non-hydrogen) atoms. The van der Waals surface area contributed by atoms with Gasteiger partial charge in [0.2, 0.25) is 0 Å². The molecule has 1 aromatic rings. The Morgan fingerprint density at radius 2 is 2.35 bits per heavy atom. The fourth-order valence-corrected chi connectivity index (χ4v) is 2.24. The summed E-state index contributed by atoms with van der Waals surface area (Å²) in [5, 5.41) is 13.4. The SMILES string of the molecule is COC(=O)NC1CCN(c2ccc([N+](=O)[O-])c(N)c2)C1. The number of carbonyl (C=O) groups excluding carboxylic acids is 1. The number of nitrogens with zero attached hydrogens (tertiary/aromatic N) is 2. The van der Waals surface area contributed by atoms with E-state index in [0.29, 0.717) is 6.54 Å². The van der Waals surface area contributed by atoms with Gasteiger partial charge in [0.15, 0.2) is 0 Å². The topological polar surface area (TPSA) is 111 Å². The lowest BCUT2D eigenvalue weighted by molar-refractivity contribution is -0.383. The fourth-order valence-electron chi connectivity index (χ4n) is 2.24. The van der Waals surface area contributed by atoms with E-state index in [9.17, 15) is 14.9 Å². The van der Waals surface area contributed by atoms with E-state index in [1.54, 1.807) is 12.1 Å². The lowest BCUT2D eigenvalue weighted by Gasteiger charge is -2.19. The monoisotopic (exact) mass is 280 g/mol. The third-order valence-electron chi connectivity index (χ3n) is 3.27. The first-order valence-electron chi connectivity index (χ1n) is 6.14. The number of ether oxygens (including phenoxy) is 1. The van der Waals surface area contributed by atoms with E-state index in [4.69, 9.17) is 5.73 Å². The van der Waals surface area contributed by atoms with Gasteiger partial charge in [0.25, 0.3) is 5.69 Å². The average Bonchev–Trinajstić information content (AvgIpc) is 2.86. The van der Waals surface area contributed by atoms with E-state index >= 15 is 0 Å². The first-order valence-corrected chi connectivity index (χ1v) is 6.14. The molecule has 1 aromatic carbocycles. The van der Waals surface area contributed by atoms with Gasteiger partial charge in [-0.3, -0.25) is 10.1 Å². The van der Waals surface area contributed by atoms with Crippen molar-refractivity contribution in [3.63, 3.8) is 0 Å². The minimum absolute atomic E-state index is 0.00105. The summed E-state index contributed by atoms with van der Waals surface area (Å²) >= 11 is 0. The Bertz CT molecular complexity index is 534. The molecule has 1 heterocycles. The smallest absolute Gasteiger partial charge is 0.407 e. The van der Waals surface area contributed by atoms with Crippen LogP contribution in [0.15, 0.2) is 18.2 Å². The number of nitro benzene ring substituents is 1. The number of methoxy groups -OCH3 is 1. The number of nitrogen functional groups attached to an aromatic ring is 1. The van der Waals surface area contributed by atoms with Crippen molar-refractivity contribution >= 4 is 23.2 Å². The molecule has 1 aliphatic heterocycles. The van der Waals surface area contributed by atoms with Gasteiger partial charge in [-0.25, -0.2) is 4.79 Å². The van der Waals surface area contributed by atoms with Gasteiger partial charge in [-0.05, 0) is 18.6 Å². The van der Waals surface area contributed by atoms with Crippen LogP contribution in [0, 0.1) is 10.1 Å². The van der Waals surface area contributed by atoms with Crippen LogP contribution in [0.1, 0.15) is 6.42 Å². The molecule has 1 aliphatic rings. The first kappa shape index (κ1) is 13.9. The molecule has 3 N–H and O–H groups in total. The Balaban J connectivity index is 2.05. The largest absolute Gasteiger partial charge is 0.453 e. The number of benzene rings is 1. The highest BCUT2D eigenvalue weighted by atomic mass is 16.6. The van der Waals surface area contributed by atoms with E-state index in [2.05, 4.69) is 10.1 Å². The zero-order valence-corrected chi connectivity index (χ0v) is 11.0. The first-order chi connectivity index (χ1) is 9.51. The second-order valence-corrected chi connectivity index (χ2v) is 4.57. The number of nitrogens with one attached hydrogen (secondary N) is 1. The highest BCUT2D eigenvalue weighted by molar-refractivity contribution is 5.69. The van der Waals surface area contributed by atoms with Crippen LogP contribution in [-0.4, -0.2) is 37.3 Å². The molecule has 0 spiro atoms. The van der Waals surface area contributed by atoms with E-state index < -0.39 is 11.0 Å². The number of hydrogen-bond donors (Lipinski definition) is 2. The van der Waals surface area contributed by atoms with Crippen LogP contribution in [0.25, 0.3) is 0 Å². The Morgan fingerprint density at radius 1 is 1.60 bits per heavy atom. The Kier molecular flexibility index (Phi) is 3.92. The van der Waals surface area contributed by atoms with Crippen LogP contribution in [0.2, 0.25) is 0 Å². The van der Waals surface area contributed by atoms with Gasteiger partial charge >= 0.3 is 6.09 Å². The van der Waals surface area contributed by atoms with Crippen LogP contribution in [-0.2, 0) is 4.74 Å². The predicted molar refractivity (Wildman–Crippen MR) is 73.7 cm³/mol. The van der Waals surface area contributed by atoms with Crippen LogP contribution in [0.5, 0.6) is 0 Å². The average molecular weight is 280 g/mol. The number of rotatable bonds is 3. The number of anilines is 2. The van der Waals surface area contributed by atoms with Gasteiger partial charge in [-0.15, -0.1) is 0 Å². The molecule has 0 aromatic heterocycles. The molecule has 1 fully saturated rings. The van der Waals surface area contributed by atoms with Crippen molar-refractivity contribution in [2.45, 2.75) is 12.5 Å². The lowest BCUT2D eigenvalue weighted by atomic mass is 10.2. The number of alkyl carbamates (subject to hydrolysis) is 1. The second kappa shape index (κ2) is 5.64. The highest BCUT2D eigenvalue weighted by Gasteiger charge is 2.25. The molecule has 0 radical (unpaired) electrons. The summed E-state index contributed by atoms with van der Waals surface area (Å²) in [4.78, 5) is 23.4. The fraction of sp³-hybridized carbons (Fsp3) is 0.417. The van der Waals surface area contributed by atoms with Crippen molar-refractivity contribution in [1.29, 1.82) is 0 Å². The molecule has 1 amide bonds. The zero-order chi connectivity index (χ0) is 14.7. The zero-order valence-electron chi connectivity index (χ0n) is 11.0. The van der Waals surface area contributed by atoms with Crippen LogP contribution in [0.3, 0.4) is 0 Å². The molecule has 2 rings (SSSR count). The standard InChI is InChI=1S/C12H16N4O4/c1-20-12(17)14-8-4-5-15(7-8)9-2-3-11(16(18)19)10(13)6-9/h2-3,6,8H,4-5,7,13H2,1H3,(H,14,17). The summed E-state index contributed by atoms with van der Waals surface area (Å²) in [5.41, 5.74) is 6.51. The van der Waals surface area contributed by atoms with Gasteiger partial charge in [0.05, 0.1) is 18.1 Å². The van der Waals surface area contributed by atoms with Gasteiger partial charge in [-0.2, -0.15) is 0 Å². The van der Waals surface area contributed by atoms with E-state index in [0.717, 1.165) is 18.7 Å². The van der Waals surface area contributed by atoms with Gasteiger partial charge < -0.3 is 20.7 Å². The number of hydrogen-bond acceptors (Lipinski definition) is 6. The number of carbonyl (C=O) groups is 1. The molecule has 108 valence electrons. The maximum Gasteiger partial charge on any atom is 0.407 e. The molecular weight excluding hydrogens is 264 g/mol. The van der Waals surface area contributed by atoms with Crippen molar-refractivity contribution in [2.75, 3.05) is 30.8 Å². The van der Waals surface area contributed by atoms with Crippen molar-refractivity contribution in [3.8, 4) is 0 Å². The Labute approximate surface area is 115 Å². The van der Waals surface area contributed by atoms with E-state index in [1.807, 2.05) is 4.90 Å². The quantitative estimate of drug-likeness (QED) is 0.487. The number of amides is 1. The summed E-state index contributed by atoms with van der Waals surface area (Å²) < 4.78 is 4.55. The third kappa shape index (κ3) is 2.90. The normalized spacial score (nSPS) is 17.9. The van der Waals surface area contributed by atoms with Crippen molar-refractivity contribution in [2.24, 2.45) is 0 Å². The molecule has 1 saturated heterocycles. The van der Waals surface area contributed by atoms with Crippen molar-refractivity contribution in [1.82, 2.24) is 5.32 Å². The molecular formula is C12H16N4O4. The van der Waals surface area contributed by atoms with E-state index in [1.165, 1.54) is 13.2 Å². The van der Waals surface area contributed by atoms with Crippen LogP contribution in [0.4, 0.5) is 21.9 Å². The Morgan fingerprint density at radius 3 is 2.95 bits per heavy atom. The van der Waals surface area contributed by atoms with Crippen molar-refractivity contribution in [3.05, 3.63) is 28.3 Å². The van der Waals surface area contributed by atoms with Gasteiger partial charge in [0.1, 0.15) is 5.69 Å². The maximum absolute atomic E-state index is 11.1. The Hall–Kier alpha value is -2.51. The third-order valence-corrected chi connectivity index (χ3v) is 3.27. The summed E-state index contributed by atoms with van der Waals surface area (Å²) in [6.45, 7) is 1.36. The highest BCUT2D eigenvalue weighted by Crippen LogP contribution is 2.28. The summed E-state index contributed by atoms with van der Waals surface area (Å²) in [6.07, 6.45) is 0.325. The second-order valence-electron chi connectivity index (χ2n) is 4.57. The summed E-state index contributed by atoms with van der Waals surface area (Å²) in [5.74, 6) is 0. The minimum atomic E-state index is -0.509.